The second kappa shape index (κ2) is 69.1. The summed E-state index contributed by atoms with van der Waals surface area (Å²) in [7, 11) is -0.832. The smallest absolute Gasteiger partial charge is 0.358 e. The Morgan fingerprint density at radius 3 is 0.815 bits per heavy atom. The fourth-order valence-electron chi connectivity index (χ4n) is 28.5. The van der Waals surface area contributed by atoms with E-state index in [1.807, 2.05) is 0 Å². The Morgan fingerprint density at radius 2 is 0.516 bits per heavy atom. The molecular formula is C119H238Hf4Si. The summed E-state index contributed by atoms with van der Waals surface area (Å²) in [4.78, 5) is 0. The zero-order chi connectivity index (χ0) is 76.9. The van der Waals surface area contributed by atoms with E-state index < -0.39 is 8.07 Å². The SMILES string of the molecule is CC(C)(C)CC1CCC2CC3CCCC3CC21.CC(C)(C)CC1CCC2CCCCC21.CC(C)CC1CCC2C=C3CCCC3=CC21.CC1C(C)C(C)C(C)C1C.CC1C(C)C(C)C(C)C1C.CC1C(C)C(C)C(C)C1C.CC1C(C)C(C)C(C)C1C.C[Si](C)(C)CC1CCC2CC3CCCC3CC21.[CH3-].[CH3-].[CH3-].[CH3-].[CH3-].[CH3-].[CH3-].[CH3-].[CH3-].[CH3-].[CH3-].[CH3-].[CH3-].[CH3-].[CH3-].[CH3-].[Hf+4].[Hf+4].[Hf+4].[Hf+4]. The number of allylic oxidation sites excluding steroid dienone is 4. The number of rotatable bonds is 6. The first-order chi connectivity index (χ1) is 48.6. The molecule has 15 rings (SSSR count). The zero-order valence-corrected chi connectivity index (χ0v) is 110. The third-order valence-electron chi connectivity index (χ3n) is 37.7. The van der Waals surface area contributed by atoms with Gasteiger partial charge in [0.25, 0.3) is 0 Å². The Kier molecular flexibility index (Phi) is 86.5. The first-order valence-electron chi connectivity index (χ1n) is 48.0. The molecule has 14 saturated carbocycles. The maximum Gasteiger partial charge on any atom is 4.00 e. The molecule has 0 bridgehead atoms. The van der Waals surface area contributed by atoms with Crippen LogP contribution in [0.4, 0.5) is 0 Å². The molecular weight excluding hydrogens is 2170 g/mol. The predicted octanol–water partition coefficient (Wildman–Crippen LogP) is 39.7. The van der Waals surface area contributed by atoms with Crippen molar-refractivity contribution < 1.29 is 103 Å². The van der Waals surface area contributed by atoms with Crippen molar-refractivity contribution in [2.75, 3.05) is 0 Å². The van der Waals surface area contributed by atoms with Crippen LogP contribution in [0.5, 0.6) is 0 Å². The molecule has 5 heteroatoms. The molecule has 15 aliphatic carbocycles. The van der Waals surface area contributed by atoms with Gasteiger partial charge in [-0.15, -0.1) is 0 Å². The van der Waals surface area contributed by atoms with E-state index in [0.29, 0.717) is 10.8 Å². The summed E-state index contributed by atoms with van der Waals surface area (Å²) in [5, 5.41) is 0. The van der Waals surface area contributed by atoms with Crippen molar-refractivity contribution in [3.05, 3.63) is 142 Å². The molecule has 0 spiro atoms. The molecule has 0 radical (unpaired) electrons. The predicted molar refractivity (Wildman–Crippen MR) is 569 cm³/mol. The molecule has 0 aromatic carbocycles. The van der Waals surface area contributed by atoms with E-state index in [1.54, 1.807) is 126 Å². The molecule has 16 atom stereocenters. The molecule has 0 amide bonds. The van der Waals surface area contributed by atoms with Gasteiger partial charge in [-0.05, 0) is 357 Å². The van der Waals surface area contributed by atoms with Crippen LogP contribution in [0.1, 0.15) is 374 Å². The van der Waals surface area contributed by atoms with Gasteiger partial charge in [0.1, 0.15) is 0 Å². The average molecular weight is 2410 g/mol. The van der Waals surface area contributed by atoms with Gasteiger partial charge in [0, 0.05) is 8.07 Å². The van der Waals surface area contributed by atoms with Crippen molar-refractivity contribution >= 4 is 8.07 Å². The van der Waals surface area contributed by atoms with E-state index >= 15 is 0 Å². The van der Waals surface area contributed by atoms with Crippen LogP contribution in [0.15, 0.2) is 23.3 Å². The van der Waals surface area contributed by atoms with E-state index in [4.69, 9.17) is 0 Å². The summed E-state index contributed by atoms with van der Waals surface area (Å²) in [6, 6.07) is 1.62. The van der Waals surface area contributed by atoms with Crippen LogP contribution in [0.3, 0.4) is 0 Å². The van der Waals surface area contributed by atoms with E-state index in [-0.39, 0.29) is 222 Å². The summed E-state index contributed by atoms with van der Waals surface area (Å²) in [6.07, 6.45) is 48.1. The van der Waals surface area contributed by atoms with Gasteiger partial charge >= 0.3 is 103 Å². The summed E-state index contributed by atoms with van der Waals surface area (Å²) in [5.41, 5.74) is 4.53. The first kappa shape index (κ1) is 155. The fourth-order valence-corrected chi connectivity index (χ4v) is 30.6. The van der Waals surface area contributed by atoms with Gasteiger partial charge in [0.05, 0.1) is 0 Å². The number of hydrogen-bond donors (Lipinski definition) is 0. The van der Waals surface area contributed by atoms with Crippen LogP contribution in [-0.2, 0) is 103 Å². The summed E-state index contributed by atoms with van der Waals surface area (Å²) in [6.45, 7) is 74.9. The zero-order valence-electron chi connectivity index (χ0n) is 94.5. The number of hydrogen-bond acceptors (Lipinski definition) is 0. The maximum atomic E-state index is 2.67. The van der Waals surface area contributed by atoms with Gasteiger partial charge in [-0.1, -0.05) is 296 Å². The minimum Gasteiger partial charge on any atom is -0.358 e. The molecule has 734 valence electrons. The van der Waals surface area contributed by atoms with Crippen LogP contribution in [-0.4, -0.2) is 8.07 Å². The summed E-state index contributed by atoms with van der Waals surface area (Å²) in [5.74, 6) is 37.0. The largest absolute Gasteiger partial charge is 4.00 e. The monoisotopic (exact) mass is 2420 g/mol. The van der Waals surface area contributed by atoms with E-state index in [0.717, 1.165) is 219 Å². The molecule has 0 aromatic rings. The van der Waals surface area contributed by atoms with E-state index in [1.165, 1.54) is 70.6 Å². The van der Waals surface area contributed by atoms with Gasteiger partial charge in [0.15, 0.2) is 0 Å². The quantitative estimate of drug-likeness (QED) is 0.184. The van der Waals surface area contributed by atoms with Crippen LogP contribution in [0.25, 0.3) is 0 Å². The van der Waals surface area contributed by atoms with Crippen molar-refractivity contribution in [2.45, 2.75) is 399 Å². The molecule has 14 fully saturated rings. The molecule has 124 heavy (non-hydrogen) atoms. The topological polar surface area (TPSA) is 0 Å². The fraction of sp³-hybridized carbons (Fsp3) is 0.832. The van der Waals surface area contributed by atoms with Crippen LogP contribution >= 0.6 is 0 Å². The Morgan fingerprint density at radius 1 is 0.266 bits per heavy atom. The van der Waals surface area contributed by atoms with Crippen molar-refractivity contribution in [1.29, 1.82) is 0 Å². The van der Waals surface area contributed by atoms with Crippen molar-refractivity contribution in [2.24, 2.45) is 230 Å². The molecule has 16 unspecified atom stereocenters. The Balaban J connectivity index is -0.000000102. The third kappa shape index (κ3) is 41.7. The van der Waals surface area contributed by atoms with Gasteiger partial charge in [0.2, 0.25) is 0 Å². The minimum absolute atomic E-state index is 0. The van der Waals surface area contributed by atoms with Gasteiger partial charge in [-0.3, -0.25) is 0 Å². The van der Waals surface area contributed by atoms with Gasteiger partial charge in [-0.2, -0.15) is 0 Å². The second-order valence-electron chi connectivity index (χ2n) is 47.3. The van der Waals surface area contributed by atoms with Crippen molar-refractivity contribution in [1.82, 2.24) is 0 Å². The Bertz CT molecular complexity index is 2220. The first-order valence-corrected chi connectivity index (χ1v) is 51.7. The molecule has 0 saturated heterocycles. The minimum atomic E-state index is -0.832. The van der Waals surface area contributed by atoms with Crippen molar-refractivity contribution in [3.63, 3.8) is 0 Å². The third-order valence-corrected chi connectivity index (χ3v) is 39.5. The molecule has 0 aliphatic heterocycles. The van der Waals surface area contributed by atoms with Gasteiger partial charge in [-0.25, -0.2) is 0 Å². The summed E-state index contributed by atoms with van der Waals surface area (Å²) >= 11 is 0. The maximum absolute atomic E-state index is 2.67. The van der Waals surface area contributed by atoms with Crippen LogP contribution < -0.4 is 0 Å². The van der Waals surface area contributed by atoms with E-state index in [2.05, 4.69) is 226 Å². The molecule has 0 N–H and O–H groups in total. The second-order valence-corrected chi connectivity index (χ2v) is 52.9. The Labute approximate surface area is 873 Å². The number of fused-ring (bicyclic) bond motifs is 7. The van der Waals surface area contributed by atoms with Crippen LogP contribution in [0.2, 0.25) is 25.7 Å². The average Bonchev–Trinajstić information content (AvgIpc) is 1.64. The molecule has 0 nitrogen and oxygen atoms in total. The summed E-state index contributed by atoms with van der Waals surface area (Å²) < 4.78 is 0. The van der Waals surface area contributed by atoms with Crippen molar-refractivity contribution in [3.8, 4) is 0 Å². The normalized spacial score (nSPS) is 39.5. The molecule has 0 heterocycles. The standard InChI is InChI=1S/C17H30.C16H30Si.C16H24.C14H26.4C10H20.16CH3.4Hf/c2*1-17(2,3)11-15-8-7-14-9-12-5-4-6-13(12)10-16(14)15;1-11(2)8-14-6-7-15-9-12-4-3-5-13(12)10-16(14)15;1-14(2,3)10-12-9-8-11-6-4-5-7-13(11)12;4*1-6-7(2)9(4)10(5)8(6)3;;;;;;;;;;;;;;;;;;;;/h2*12-16H,4-11H2,1-3H3;9-11,14-16H,3-8H2,1-2H3;11-13H,4-10H2,1-3H3;4*6-10H,1-5H3;16*1H3;;;;/q;;;;;;;;16*-1;4*+4. The van der Waals surface area contributed by atoms with Gasteiger partial charge < -0.3 is 119 Å². The Hall–Kier alpha value is 3.18. The molecule has 15 aliphatic rings. The molecule has 0 aromatic heterocycles. The van der Waals surface area contributed by atoms with E-state index in [9.17, 15) is 0 Å². The van der Waals surface area contributed by atoms with Crippen LogP contribution in [0, 0.1) is 349 Å².